The Hall–Kier alpha value is -2.74. The summed E-state index contributed by atoms with van der Waals surface area (Å²) in [6.45, 7) is 5.42. The smallest absolute Gasteiger partial charge is 0.250 e. The van der Waals surface area contributed by atoms with Gasteiger partial charge in [-0.3, -0.25) is 14.4 Å². The Kier molecular flexibility index (Phi) is 5.53. The molecule has 1 heterocycles. The molecule has 8 heteroatoms. The summed E-state index contributed by atoms with van der Waals surface area (Å²) < 4.78 is 0. The van der Waals surface area contributed by atoms with E-state index < -0.39 is 11.3 Å². The molecule has 0 unspecified atom stereocenters. The number of hydrogen-bond acceptors (Lipinski definition) is 5. The molecule has 0 saturated carbocycles. The average Bonchev–Trinajstić information content (AvgIpc) is 2.93. The highest BCUT2D eigenvalue weighted by molar-refractivity contribution is 7.13. The minimum atomic E-state index is -0.614. The zero-order valence-corrected chi connectivity index (χ0v) is 15.1. The Morgan fingerprint density at radius 2 is 1.84 bits per heavy atom. The van der Waals surface area contributed by atoms with Crippen molar-refractivity contribution in [2.24, 2.45) is 11.1 Å². The highest BCUT2D eigenvalue weighted by atomic mass is 32.1. The van der Waals surface area contributed by atoms with E-state index in [0.717, 1.165) is 0 Å². The molecule has 2 aromatic rings. The van der Waals surface area contributed by atoms with Crippen LogP contribution in [-0.4, -0.2) is 22.7 Å². The third kappa shape index (κ3) is 5.12. The molecule has 0 aliphatic carbocycles. The molecule has 0 aliphatic rings. The quantitative estimate of drug-likeness (QED) is 0.759. The topological polar surface area (TPSA) is 114 Å². The molecule has 1 aromatic heterocycles. The van der Waals surface area contributed by atoms with Crippen LogP contribution in [0, 0.1) is 5.41 Å². The van der Waals surface area contributed by atoms with E-state index in [1.807, 2.05) is 0 Å². The summed E-state index contributed by atoms with van der Waals surface area (Å²) in [6, 6.07) is 6.51. The number of nitrogens with one attached hydrogen (secondary N) is 2. The first kappa shape index (κ1) is 18.6. The molecule has 0 spiro atoms. The van der Waals surface area contributed by atoms with Crippen molar-refractivity contribution in [3.05, 3.63) is 40.9 Å². The molecule has 2 rings (SSSR count). The molecule has 0 aliphatic heterocycles. The van der Waals surface area contributed by atoms with Gasteiger partial charge in [-0.1, -0.05) is 32.9 Å². The first-order valence-electron chi connectivity index (χ1n) is 7.61. The highest BCUT2D eigenvalue weighted by Gasteiger charge is 2.22. The van der Waals surface area contributed by atoms with E-state index in [0.29, 0.717) is 16.5 Å². The Bertz CT molecular complexity index is 808. The summed E-state index contributed by atoms with van der Waals surface area (Å²) in [5.74, 6) is -1.09. The molecule has 7 nitrogen and oxygen atoms in total. The number of thiazole rings is 1. The maximum absolute atomic E-state index is 12.2. The summed E-state index contributed by atoms with van der Waals surface area (Å²) in [5.41, 5.74) is 5.89. The molecule has 1 aromatic carbocycles. The number of para-hydroxylation sites is 1. The van der Waals surface area contributed by atoms with Gasteiger partial charge in [-0.05, 0) is 12.1 Å². The van der Waals surface area contributed by atoms with Gasteiger partial charge in [-0.2, -0.15) is 0 Å². The van der Waals surface area contributed by atoms with Gasteiger partial charge in [0.15, 0.2) is 5.13 Å². The Balaban J connectivity index is 2.00. The van der Waals surface area contributed by atoms with Gasteiger partial charge in [-0.25, -0.2) is 4.98 Å². The van der Waals surface area contributed by atoms with Gasteiger partial charge >= 0.3 is 0 Å². The van der Waals surface area contributed by atoms with E-state index in [-0.39, 0.29) is 23.8 Å². The number of anilines is 2. The van der Waals surface area contributed by atoms with E-state index in [1.54, 1.807) is 50.4 Å². The number of amides is 3. The molecular weight excluding hydrogens is 340 g/mol. The average molecular weight is 360 g/mol. The Morgan fingerprint density at radius 1 is 1.16 bits per heavy atom. The normalized spacial score (nSPS) is 11.0. The number of rotatable bonds is 5. The maximum atomic E-state index is 12.2. The van der Waals surface area contributed by atoms with Crippen molar-refractivity contribution >= 4 is 39.9 Å². The van der Waals surface area contributed by atoms with Gasteiger partial charge in [0.25, 0.3) is 5.91 Å². The first-order chi connectivity index (χ1) is 11.7. The summed E-state index contributed by atoms with van der Waals surface area (Å²) in [4.78, 5) is 39.7. The number of nitrogens with two attached hydrogens (primary N) is 1. The number of carbonyl (C=O) groups excluding carboxylic acids is 3. The van der Waals surface area contributed by atoms with Crippen LogP contribution in [0.15, 0.2) is 29.6 Å². The second-order valence-electron chi connectivity index (χ2n) is 6.48. The lowest BCUT2D eigenvalue weighted by atomic mass is 9.96. The Morgan fingerprint density at radius 3 is 2.48 bits per heavy atom. The van der Waals surface area contributed by atoms with E-state index in [9.17, 15) is 14.4 Å². The highest BCUT2D eigenvalue weighted by Crippen LogP contribution is 2.21. The monoisotopic (exact) mass is 360 g/mol. The number of aromatic nitrogens is 1. The lowest BCUT2D eigenvalue weighted by Gasteiger charge is -2.15. The molecule has 0 bridgehead atoms. The second-order valence-corrected chi connectivity index (χ2v) is 7.34. The second kappa shape index (κ2) is 7.43. The lowest BCUT2D eigenvalue weighted by molar-refractivity contribution is -0.123. The summed E-state index contributed by atoms with van der Waals surface area (Å²) in [7, 11) is 0. The van der Waals surface area contributed by atoms with Crippen LogP contribution < -0.4 is 16.4 Å². The van der Waals surface area contributed by atoms with Gasteiger partial charge in [-0.15, -0.1) is 11.3 Å². The molecule has 3 amide bonds. The summed E-state index contributed by atoms with van der Waals surface area (Å²) >= 11 is 1.25. The number of primary amides is 1. The predicted octanol–water partition coefficient (Wildman–Crippen LogP) is 2.41. The van der Waals surface area contributed by atoms with E-state index >= 15 is 0 Å². The van der Waals surface area contributed by atoms with Crippen LogP contribution in [0.25, 0.3) is 0 Å². The lowest BCUT2D eigenvalue weighted by Crippen LogP contribution is -2.27. The van der Waals surface area contributed by atoms with Crippen LogP contribution in [0.3, 0.4) is 0 Å². The van der Waals surface area contributed by atoms with Gasteiger partial charge in [0.2, 0.25) is 11.8 Å². The van der Waals surface area contributed by atoms with E-state index in [4.69, 9.17) is 5.73 Å². The van der Waals surface area contributed by atoms with Crippen molar-refractivity contribution < 1.29 is 14.4 Å². The number of hydrogen-bond donors (Lipinski definition) is 3. The zero-order valence-electron chi connectivity index (χ0n) is 14.3. The minimum absolute atomic E-state index is 0.0228. The summed E-state index contributed by atoms with van der Waals surface area (Å²) in [6.07, 6.45) is 0.0228. The Labute approximate surface area is 149 Å². The molecule has 25 heavy (non-hydrogen) atoms. The SMILES string of the molecule is CC(C)(C)C(=O)Nc1nc(CC(=O)Nc2ccccc2C(N)=O)cs1. The van der Waals surface area contributed by atoms with Gasteiger partial charge in [0.1, 0.15) is 0 Å². The molecule has 132 valence electrons. The van der Waals surface area contributed by atoms with Crippen LogP contribution in [0.1, 0.15) is 36.8 Å². The number of carbonyl (C=O) groups is 3. The van der Waals surface area contributed by atoms with E-state index in [1.165, 1.54) is 11.3 Å². The van der Waals surface area contributed by atoms with Crippen molar-refractivity contribution in [2.45, 2.75) is 27.2 Å². The first-order valence-corrected chi connectivity index (χ1v) is 8.49. The van der Waals surface area contributed by atoms with Gasteiger partial charge in [0.05, 0.1) is 23.4 Å². The van der Waals surface area contributed by atoms with Gasteiger partial charge in [0, 0.05) is 10.8 Å². The van der Waals surface area contributed by atoms with Crippen LogP contribution in [0.5, 0.6) is 0 Å². The fourth-order valence-electron chi connectivity index (χ4n) is 1.90. The molecular formula is C17H20N4O3S. The third-order valence-corrected chi connectivity index (χ3v) is 4.07. The largest absolute Gasteiger partial charge is 0.366 e. The van der Waals surface area contributed by atoms with Crippen molar-refractivity contribution in [3.63, 3.8) is 0 Å². The molecule has 0 fully saturated rings. The molecule has 0 saturated heterocycles. The van der Waals surface area contributed by atoms with Crippen molar-refractivity contribution in [3.8, 4) is 0 Å². The zero-order chi connectivity index (χ0) is 18.6. The fraction of sp³-hybridized carbons (Fsp3) is 0.294. The maximum Gasteiger partial charge on any atom is 0.250 e. The molecule has 0 atom stereocenters. The van der Waals surface area contributed by atoms with Crippen molar-refractivity contribution in [2.75, 3.05) is 10.6 Å². The minimum Gasteiger partial charge on any atom is -0.366 e. The number of benzene rings is 1. The summed E-state index contributed by atoms with van der Waals surface area (Å²) in [5, 5.41) is 7.53. The predicted molar refractivity (Wildman–Crippen MR) is 97.5 cm³/mol. The fourth-order valence-corrected chi connectivity index (χ4v) is 2.60. The van der Waals surface area contributed by atoms with Crippen LogP contribution in [0.2, 0.25) is 0 Å². The molecule has 0 radical (unpaired) electrons. The standard InChI is InChI=1S/C17H20N4O3S/c1-17(2,3)15(24)21-16-19-10(9-25-16)8-13(22)20-12-7-5-4-6-11(12)14(18)23/h4-7,9H,8H2,1-3H3,(H2,18,23)(H,20,22)(H,19,21,24). The number of nitrogens with zero attached hydrogens (tertiary/aromatic N) is 1. The van der Waals surface area contributed by atoms with Crippen LogP contribution >= 0.6 is 11.3 Å². The van der Waals surface area contributed by atoms with Crippen LogP contribution in [-0.2, 0) is 16.0 Å². The van der Waals surface area contributed by atoms with Crippen molar-refractivity contribution in [1.82, 2.24) is 4.98 Å². The van der Waals surface area contributed by atoms with Crippen LogP contribution in [0.4, 0.5) is 10.8 Å². The van der Waals surface area contributed by atoms with E-state index in [2.05, 4.69) is 15.6 Å². The third-order valence-electron chi connectivity index (χ3n) is 3.26. The molecule has 4 N–H and O–H groups in total. The van der Waals surface area contributed by atoms with Gasteiger partial charge < -0.3 is 16.4 Å². The van der Waals surface area contributed by atoms with Crippen molar-refractivity contribution in [1.29, 1.82) is 0 Å².